The molecular weight excluding hydrogens is 296 g/mol. The summed E-state index contributed by atoms with van der Waals surface area (Å²) < 4.78 is 5.19. The number of imide groups is 1. The predicted molar refractivity (Wildman–Crippen MR) is 84.4 cm³/mol. The number of nitrogens with zero attached hydrogens (tertiary/aromatic N) is 1. The molecular formula is C17H20N2O4. The van der Waals surface area contributed by atoms with E-state index in [0.29, 0.717) is 17.0 Å². The van der Waals surface area contributed by atoms with Gasteiger partial charge in [0.05, 0.1) is 12.8 Å². The predicted octanol–water partition coefficient (Wildman–Crippen LogP) is 2.35. The van der Waals surface area contributed by atoms with Crippen LogP contribution >= 0.6 is 0 Å². The highest BCUT2D eigenvalue weighted by Crippen LogP contribution is 2.42. The highest BCUT2D eigenvalue weighted by molar-refractivity contribution is 6.27. The highest BCUT2D eigenvalue weighted by atomic mass is 16.5. The van der Waals surface area contributed by atoms with E-state index < -0.39 is 17.9 Å². The van der Waals surface area contributed by atoms with E-state index >= 15 is 0 Å². The van der Waals surface area contributed by atoms with Gasteiger partial charge in [0.2, 0.25) is 5.91 Å². The second-order valence-corrected chi connectivity index (χ2v) is 6.11. The van der Waals surface area contributed by atoms with Gasteiger partial charge in [0.1, 0.15) is 11.7 Å². The molecule has 1 atom stereocenters. The van der Waals surface area contributed by atoms with Crippen LogP contribution in [0.4, 0.5) is 10.5 Å². The third-order valence-electron chi connectivity index (χ3n) is 4.77. The maximum Gasteiger partial charge on any atom is 0.326 e. The molecule has 3 rings (SSSR count). The Balaban J connectivity index is 2.01. The number of Topliss-reactive ketones (excluding diaryl/α,β-unsaturated/α-hetero) is 1. The van der Waals surface area contributed by atoms with Crippen molar-refractivity contribution in [2.75, 3.05) is 12.0 Å². The SMILES string of the molecule is COc1ccc2c(c1)C(C(=O)C1CCCCC1)C(=O)N2C(N)=O. The van der Waals surface area contributed by atoms with Crippen LogP contribution in [-0.2, 0) is 9.59 Å². The highest BCUT2D eigenvalue weighted by Gasteiger charge is 2.46. The standard InChI is InChI=1S/C17H20N2O4/c1-23-11-7-8-13-12(9-11)14(16(21)19(13)17(18)22)15(20)10-5-3-2-4-6-10/h7-10,14H,2-6H2,1H3,(H2,18,22). The first-order chi connectivity index (χ1) is 11.0. The fourth-order valence-electron chi connectivity index (χ4n) is 3.60. The van der Waals surface area contributed by atoms with E-state index in [4.69, 9.17) is 10.5 Å². The summed E-state index contributed by atoms with van der Waals surface area (Å²) in [6, 6.07) is 4.04. The van der Waals surface area contributed by atoms with Crippen molar-refractivity contribution < 1.29 is 19.1 Å². The molecule has 1 aliphatic carbocycles. The van der Waals surface area contributed by atoms with Crippen LogP contribution in [0.25, 0.3) is 0 Å². The van der Waals surface area contributed by atoms with Crippen molar-refractivity contribution in [2.24, 2.45) is 11.7 Å². The minimum atomic E-state index is -0.948. The number of carbonyl (C=O) groups is 3. The lowest BCUT2D eigenvalue weighted by molar-refractivity contribution is -0.131. The van der Waals surface area contributed by atoms with Crippen LogP contribution < -0.4 is 15.4 Å². The molecule has 0 saturated heterocycles. The van der Waals surface area contributed by atoms with Gasteiger partial charge in [0.25, 0.3) is 0 Å². The lowest BCUT2D eigenvalue weighted by Gasteiger charge is -2.23. The van der Waals surface area contributed by atoms with Gasteiger partial charge in [0, 0.05) is 5.92 Å². The third kappa shape index (κ3) is 2.58. The average molecular weight is 316 g/mol. The summed E-state index contributed by atoms with van der Waals surface area (Å²) in [4.78, 5) is 38.1. The van der Waals surface area contributed by atoms with Gasteiger partial charge in [0.15, 0.2) is 5.78 Å². The molecule has 1 heterocycles. The molecule has 1 aliphatic heterocycles. The van der Waals surface area contributed by atoms with Crippen LogP contribution in [0.5, 0.6) is 5.75 Å². The van der Waals surface area contributed by atoms with Crippen LogP contribution in [0.3, 0.4) is 0 Å². The summed E-state index contributed by atoms with van der Waals surface area (Å²) in [7, 11) is 1.52. The summed E-state index contributed by atoms with van der Waals surface area (Å²) in [6.07, 6.45) is 4.74. The summed E-state index contributed by atoms with van der Waals surface area (Å²) in [5, 5.41) is 0. The number of anilines is 1. The Bertz CT molecular complexity index is 665. The van der Waals surface area contributed by atoms with Crippen molar-refractivity contribution in [3.05, 3.63) is 23.8 Å². The Morgan fingerprint density at radius 2 is 1.91 bits per heavy atom. The van der Waals surface area contributed by atoms with E-state index in [1.807, 2.05) is 0 Å². The van der Waals surface area contributed by atoms with Gasteiger partial charge in [-0.2, -0.15) is 0 Å². The Labute approximate surface area is 134 Å². The van der Waals surface area contributed by atoms with Gasteiger partial charge in [-0.05, 0) is 36.6 Å². The molecule has 0 spiro atoms. The van der Waals surface area contributed by atoms with E-state index in [1.165, 1.54) is 7.11 Å². The lowest BCUT2D eigenvalue weighted by Crippen LogP contribution is -2.41. The zero-order valence-corrected chi connectivity index (χ0v) is 13.1. The summed E-state index contributed by atoms with van der Waals surface area (Å²) in [5.74, 6) is -1.17. The minimum Gasteiger partial charge on any atom is -0.497 e. The van der Waals surface area contributed by atoms with Gasteiger partial charge in [-0.25, -0.2) is 9.69 Å². The van der Waals surface area contributed by atoms with E-state index in [-0.39, 0.29) is 11.7 Å². The first-order valence-electron chi connectivity index (χ1n) is 7.89. The topological polar surface area (TPSA) is 89.7 Å². The Kier molecular flexibility index (Phi) is 4.07. The van der Waals surface area contributed by atoms with Crippen molar-refractivity contribution in [2.45, 2.75) is 38.0 Å². The number of rotatable bonds is 3. The van der Waals surface area contributed by atoms with Crippen molar-refractivity contribution >= 4 is 23.4 Å². The number of methoxy groups -OCH3 is 1. The van der Waals surface area contributed by atoms with Gasteiger partial charge in [-0.15, -0.1) is 0 Å². The Morgan fingerprint density at radius 1 is 1.22 bits per heavy atom. The number of ether oxygens (including phenoxy) is 1. The van der Waals surface area contributed by atoms with Gasteiger partial charge >= 0.3 is 6.03 Å². The van der Waals surface area contributed by atoms with Crippen molar-refractivity contribution in [3.8, 4) is 5.75 Å². The van der Waals surface area contributed by atoms with E-state index in [9.17, 15) is 14.4 Å². The van der Waals surface area contributed by atoms with Crippen LogP contribution in [-0.4, -0.2) is 24.8 Å². The smallest absolute Gasteiger partial charge is 0.326 e. The fourth-order valence-corrected chi connectivity index (χ4v) is 3.60. The zero-order chi connectivity index (χ0) is 16.6. The molecule has 1 fully saturated rings. The van der Waals surface area contributed by atoms with E-state index in [0.717, 1.165) is 37.0 Å². The molecule has 1 unspecified atom stereocenters. The lowest BCUT2D eigenvalue weighted by atomic mass is 9.80. The molecule has 0 radical (unpaired) electrons. The minimum absolute atomic E-state index is 0.104. The largest absolute Gasteiger partial charge is 0.497 e. The summed E-state index contributed by atoms with van der Waals surface area (Å²) >= 11 is 0. The number of benzene rings is 1. The number of urea groups is 1. The zero-order valence-electron chi connectivity index (χ0n) is 13.1. The second kappa shape index (κ2) is 6.02. The van der Waals surface area contributed by atoms with Crippen LogP contribution in [0, 0.1) is 5.92 Å². The number of hydrogen-bond donors (Lipinski definition) is 1. The normalized spacial score (nSPS) is 21.2. The number of fused-ring (bicyclic) bond motifs is 1. The number of amides is 3. The average Bonchev–Trinajstić information content (AvgIpc) is 2.86. The van der Waals surface area contributed by atoms with Gasteiger partial charge < -0.3 is 10.5 Å². The third-order valence-corrected chi connectivity index (χ3v) is 4.77. The summed E-state index contributed by atoms with van der Waals surface area (Å²) in [6.45, 7) is 0. The molecule has 2 N–H and O–H groups in total. The van der Waals surface area contributed by atoms with E-state index in [1.54, 1.807) is 18.2 Å². The Hall–Kier alpha value is -2.37. The summed E-state index contributed by atoms with van der Waals surface area (Å²) in [5.41, 5.74) is 6.24. The molecule has 23 heavy (non-hydrogen) atoms. The molecule has 1 aromatic rings. The number of primary amides is 1. The maximum absolute atomic E-state index is 12.9. The quantitative estimate of drug-likeness (QED) is 0.867. The van der Waals surface area contributed by atoms with Crippen LogP contribution in [0.15, 0.2) is 18.2 Å². The van der Waals surface area contributed by atoms with Crippen LogP contribution in [0.1, 0.15) is 43.6 Å². The monoisotopic (exact) mass is 316 g/mol. The molecule has 6 nitrogen and oxygen atoms in total. The molecule has 0 aromatic heterocycles. The Morgan fingerprint density at radius 3 is 2.52 bits per heavy atom. The fraction of sp³-hybridized carbons (Fsp3) is 0.471. The first-order valence-corrected chi connectivity index (χ1v) is 7.89. The number of ketones is 1. The first kappa shape index (κ1) is 15.5. The van der Waals surface area contributed by atoms with Gasteiger partial charge in [-0.1, -0.05) is 19.3 Å². The molecule has 6 heteroatoms. The van der Waals surface area contributed by atoms with E-state index in [2.05, 4.69) is 0 Å². The second-order valence-electron chi connectivity index (χ2n) is 6.11. The molecule has 3 amide bonds. The van der Waals surface area contributed by atoms with Crippen molar-refractivity contribution in [3.63, 3.8) is 0 Å². The van der Waals surface area contributed by atoms with Crippen LogP contribution in [0.2, 0.25) is 0 Å². The molecule has 0 bridgehead atoms. The molecule has 1 aromatic carbocycles. The maximum atomic E-state index is 12.9. The van der Waals surface area contributed by atoms with Gasteiger partial charge in [-0.3, -0.25) is 9.59 Å². The number of hydrogen-bond acceptors (Lipinski definition) is 4. The molecule has 2 aliphatic rings. The van der Waals surface area contributed by atoms with Crippen molar-refractivity contribution in [1.29, 1.82) is 0 Å². The number of carbonyl (C=O) groups excluding carboxylic acids is 3. The number of nitrogens with two attached hydrogens (primary N) is 1. The van der Waals surface area contributed by atoms with Crippen molar-refractivity contribution in [1.82, 2.24) is 0 Å². The molecule has 122 valence electrons. The molecule has 1 saturated carbocycles.